The van der Waals surface area contributed by atoms with Crippen LogP contribution in [0.5, 0.6) is 0 Å². The molecule has 0 fully saturated rings. The normalized spacial score (nSPS) is 9.50. The van der Waals surface area contributed by atoms with E-state index in [1.807, 2.05) is 13.8 Å². The van der Waals surface area contributed by atoms with Gasteiger partial charge in [-0.2, -0.15) is 0 Å². The van der Waals surface area contributed by atoms with E-state index >= 15 is 0 Å². The van der Waals surface area contributed by atoms with Gasteiger partial charge < -0.3 is 0 Å². The van der Waals surface area contributed by atoms with E-state index in [2.05, 4.69) is 9.98 Å². The molecule has 0 radical (unpaired) electrons. The lowest BCUT2D eigenvalue weighted by atomic mass is 10.3. The Bertz CT molecular complexity index is 302. The Morgan fingerprint density at radius 3 is 2.79 bits per heavy atom. The van der Waals surface area contributed by atoms with Gasteiger partial charge in [0, 0.05) is 16.8 Å². The second-order valence-electron chi connectivity index (χ2n) is 2.13. The highest BCUT2D eigenvalue weighted by molar-refractivity contribution is 6.31. The van der Waals surface area contributed by atoms with E-state index in [1.165, 1.54) is 0 Å². The molecule has 2 N–H and O–H groups in total. The van der Waals surface area contributed by atoms with Crippen LogP contribution in [0.15, 0.2) is 17.3 Å². The second kappa shape index (κ2) is 7.29. The van der Waals surface area contributed by atoms with Gasteiger partial charge in [-0.1, -0.05) is 25.4 Å². The summed E-state index contributed by atoms with van der Waals surface area (Å²) in [5.74, 6) is 0.490. The van der Waals surface area contributed by atoms with Crippen molar-refractivity contribution in [3.05, 3.63) is 22.8 Å². The van der Waals surface area contributed by atoms with Crippen LogP contribution >= 0.6 is 11.6 Å². The number of rotatable bonds is 2. The van der Waals surface area contributed by atoms with Crippen LogP contribution in [0.3, 0.4) is 0 Å². The van der Waals surface area contributed by atoms with Gasteiger partial charge in [0.15, 0.2) is 5.82 Å². The number of hydrogen-bond acceptors (Lipinski definition) is 3. The highest BCUT2D eigenvalue weighted by Gasteiger charge is 1.99. The van der Waals surface area contributed by atoms with Crippen LogP contribution in [-0.4, -0.2) is 16.5 Å². The molecular formula is C9H14ClN3O. The summed E-state index contributed by atoms with van der Waals surface area (Å²) in [7, 11) is 0. The molecule has 1 heterocycles. The average molecular weight is 216 g/mol. The Balaban J connectivity index is 0.000000791. The third kappa shape index (κ3) is 3.72. The molecule has 0 atom stereocenters. The predicted molar refractivity (Wildman–Crippen MR) is 58.4 cm³/mol. The maximum Gasteiger partial charge on any atom is 0.157 e. The molecule has 5 heteroatoms. The molecule has 0 bridgehead atoms. The zero-order valence-corrected chi connectivity index (χ0v) is 9.21. The van der Waals surface area contributed by atoms with Crippen molar-refractivity contribution in [2.24, 2.45) is 4.99 Å². The van der Waals surface area contributed by atoms with Gasteiger partial charge in [0.1, 0.15) is 6.34 Å². The van der Waals surface area contributed by atoms with E-state index in [9.17, 15) is 0 Å². The Morgan fingerprint density at radius 2 is 2.21 bits per heavy atom. The number of aromatic nitrogens is 1. The quantitative estimate of drug-likeness (QED) is 0.453. The van der Waals surface area contributed by atoms with Gasteiger partial charge >= 0.3 is 0 Å². The molecule has 0 aliphatic rings. The standard InChI is InChI=1S/C7H8ClN3O.C2H6/c1-5-6(8)2-3-9-7(5)10-4-11-12;1-2/h2-4,12H,1H3,(H,9,10,11);1-2H3. The molecule has 1 aromatic rings. The van der Waals surface area contributed by atoms with E-state index in [-0.39, 0.29) is 0 Å². The van der Waals surface area contributed by atoms with Crippen molar-refractivity contribution in [1.82, 2.24) is 10.5 Å². The van der Waals surface area contributed by atoms with Gasteiger partial charge in [-0.15, -0.1) is 0 Å². The Morgan fingerprint density at radius 1 is 1.57 bits per heavy atom. The maximum atomic E-state index is 8.23. The predicted octanol–water partition coefficient (Wildman–Crippen LogP) is 2.71. The van der Waals surface area contributed by atoms with Crippen LogP contribution in [0.25, 0.3) is 0 Å². The Kier molecular flexibility index (Phi) is 6.70. The topological polar surface area (TPSA) is 57.5 Å². The van der Waals surface area contributed by atoms with Crippen LogP contribution < -0.4 is 5.48 Å². The SMILES string of the molecule is CC.Cc1c(Cl)ccnc1N=CNO. The first-order chi connectivity index (χ1) is 6.75. The first kappa shape index (κ1) is 12.9. The molecule has 0 saturated heterocycles. The summed E-state index contributed by atoms with van der Waals surface area (Å²) in [6.45, 7) is 5.80. The minimum absolute atomic E-state index is 0.490. The average Bonchev–Trinajstić information content (AvgIpc) is 2.23. The van der Waals surface area contributed by atoms with Gasteiger partial charge in [-0.25, -0.2) is 9.98 Å². The number of hydroxylamine groups is 1. The van der Waals surface area contributed by atoms with Crippen LogP contribution in [0.4, 0.5) is 5.82 Å². The van der Waals surface area contributed by atoms with Gasteiger partial charge in [0.2, 0.25) is 0 Å². The lowest BCUT2D eigenvalue weighted by Crippen LogP contribution is -2.01. The minimum Gasteiger partial charge on any atom is -0.290 e. The van der Waals surface area contributed by atoms with Crippen molar-refractivity contribution in [1.29, 1.82) is 0 Å². The molecule has 14 heavy (non-hydrogen) atoms. The van der Waals surface area contributed by atoms with Crippen LogP contribution in [0.1, 0.15) is 19.4 Å². The highest BCUT2D eigenvalue weighted by atomic mass is 35.5. The highest BCUT2D eigenvalue weighted by Crippen LogP contribution is 2.21. The summed E-state index contributed by atoms with van der Waals surface area (Å²) >= 11 is 5.80. The number of nitrogens with one attached hydrogen (secondary N) is 1. The number of halogens is 1. The molecule has 0 aliphatic heterocycles. The monoisotopic (exact) mass is 215 g/mol. The van der Waals surface area contributed by atoms with Crippen LogP contribution in [0, 0.1) is 6.92 Å². The second-order valence-corrected chi connectivity index (χ2v) is 2.54. The Labute approximate surface area is 88.6 Å². The molecule has 0 unspecified atom stereocenters. The number of pyridine rings is 1. The summed E-state index contributed by atoms with van der Waals surface area (Å²) < 4.78 is 0. The van der Waals surface area contributed by atoms with E-state index < -0.39 is 0 Å². The zero-order valence-electron chi connectivity index (χ0n) is 8.45. The van der Waals surface area contributed by atoms with E-state index in [4.69, 9.17) is 16.8 Å². The van der Waals surface area contributed by atoms with Gasteiger partial charge in [-0.3, -0.25) is 10.7 Å². The van der Waals surface area contributed by atoms with Crippen molar-refractivity contribution in [2.75, 3.05) is 0 Å². The van der Waals surface area contributed by atoms with Gasteiger partial charge in [-0.05, 0) is 13.0 Å². The van der Waals surface area contributed by atoms with Crippen molar-refractivity contribution in [3.63, 3.8) is 0 Å². The first-order valence-electron chi connectivity index (χ1n) is 4.29. The first-order valence-corrected chi connectivity index (χ1v) is 4.66. The van der Waals surface area contributed by atoms with Crippen molar-refractivity contribution in [2.45, 2.75) is 20.8 Å². The molecule has 0 saturated carbocycles. The molecule has 0 aromatic carbocycles. The number of nitrogens with zero attached hydrogens (tertiary/aromatic N) is 2. The molecular weight excluding hydrogens is 202 g/mol. The van der Waals surface area contributed by atoms with E-state index in [0.29, 0.717) is 10.8 Å². The molecule has 4 nitrogen and oxygen atoms in total. The largest absolute Gasteiger partial charge is 0.290 e. The van der Waals surface area contributed by atoms with Gasteiger partial charge in [0.25, 0.3) is 0 Å². The fourth-order valence-electron chi connectivity index (χ4n) is 0.722. The summed E-state index contributed by atoms with van der Waals surface area (Å²) in [6.07, 6.45) is 2.69. The summed E-state index contributed by atoms with van der Waals surface area (Å²) in [6, 6.07) is 1.68. The van der Waals surface area contributed by atoms with Gasteiger partial charge in [0.05, 0.1) is 0 Å². The molecule has 0 aliphatic carbocycles. The molecule has 0 amide bonds. The van der Waals surface area contributed by atoms with Crippen LogP contribution in [0.2, 0.25) is 5.02 Å². The maximum absolute atomic E-state index is 8.23. The smallest absolute Gasteiger partial charge is 0.157 e. The fourth-order valence-corrected chi connectivity index (χ4v) is 0.863. The number of aliphatic imine (C=N–C) groups is 1. The van der Waals surface area contributed by atoms with Crippen molar-refractivity contribution >= 4 is 23.8 Å². The number of hydrogen-bond donors (Lipinski definition) is 2. The summed E-state index contributed by atoms with van der Waals surface area (Å²) in [5.41, 5.74) is 2.57. The summed E-state index contributed by atoms with van der Waals surface area (Å²) in [4.78, 5) is 7.75. The molecule has 1 rings (SSSR count). The third-order valence-electron chi connectivity index (χ3n) is 1.36. The van der Waals surface area contributed by atoms with Crippen molar-refractivity contribution in [3.8, 4) is 0 Å². The van der Waals surface area contributed by atoms with E-state index in [1.54, 1.807) is 24.7 Å². The zero-order chi connectivity index (χ0) is 11.0. The molecule has 78 valence electrons. The third-order valence-corrected chi connectivity index (χ3v) is 1.77. The molecule has 1 aromatic heterocycles. The minimum atomic E-state index is 0.490. The lowest BCUT2D eigenvalue weighted by molar-refractivity contribution is 0.240. The Hall–Kier alpha value is -1.13. The summed E-state index contributed by atoms with van der Waals surface area (Å²) in [5, 5.41) is 8.83. The van der Waals surface area contributed by atoms with Crippen LogP contribution in [-0.2, 0) is 0 Å². The fraction of sp³-hybridized carbons (Fsp3) is 0.333. The lowest BCUT2D eigenvalue weighted by Gasteiger charge is -1.99. The van der Waals surface area contributed by atoms with Crippen molar-refractivity contribution < 1.29 is 5.21 Å². The van der Waals surface area contributed by atoms with E-state index in [0.717, 1.165) is 11.9 Å². The molecule has 0 spiro atoms.